The summed E-state index contributed by atoms with van der Waals surface area (Å²) in [5.41, 5.74) is 2.12. The van der Waals surface area contributed by atoms with Crippen molar-refractivity contribution in [1.82, 2.24) is 24.9 Å². The fraction of sp³-hybridized carbons (Fsp3) is 0.222. The molecular weight excluding hydrogens is 403 g/mol. The second-order valence-electron chi connectivity index (χ2n) is 6.17. The number of rotatable bonds is 5. The zero-order valence-corrected chi connectivity index (χ0v) is 17.0. The molecule has 3 aromatic rings. The first-order valence-corrected chi connectivity index (χ1v) is 9.17. The van der Waals surface area contributed by atoms with E-state index in [2.05, 4.69) is 20.6 Å². The number of carbonyl (C=O) groups excluding carboxylic acids is 2. The summed E-state index contributed by atoms with van der Waals surface area (Å²) in [5, 5.41) is 14.5. The number of H-pyrrole nitrogens is 1. The minimum atomic E-state index is -0.442. The van der Waals surface area contributed by atoms with Crippen molar-refractivity contribution in [3.05, 3.63) is 51.9 Å². The number of benzene rings is 1. The molecule has 0 saturated heterocycles. The maximum absolute atomic E-state index is 12.6. The first kappa shape index (κ1) is 19.9. The molecule has 2 heterocycles. The quantitative estimate of drug-likeness (QED) is 0.659. The molecule has 0 saturated carbocycles. The van der Waals surface area contributed by atoms with Crippen LogP contribution in [-0.2, 0) is 6.54 Å². The van der Waals surface area contributed by atoms with E-state index >= 15 is 0 Å². The highest BCUT2D eigenvalue weighted by molar-refractivity contribution is 6.42. The second-order valence-corrected chi connectivity index (χ2v) is 6.99. The van der Waals surface area contributed by atoms with E-state index in [-0.39, 0.29) is 11.6 Å². The van der Waals surface area contributed by atoms with Gasteiger partial charge in [0.05, 0.1) is 27.6 Å². The van der Waals surface area contributed by atoms with E-state index in [9.17, 15) is 9.59 Å². The Balaban J connectivity index is 1.85. The molecule has 0 aliphatic rings. The van der Waals surface area contributed by atoms with Crippen molar-refractivity contribution in [1.29, 1.82) is 0 Å². The van der Waals surface area contributed by atoms with E-state index in [1.54, 1.807) is 38.4 Å². The van der Waals surface area contributed by atoms with Crippen LogP contribution in [0, 0.1) is 0 Å². The molecule has 0 bridgehead atoms. The molecule has 0 unspecified atom stereocenters. The van der Waals surface area contributed by atoms with Crippen molar-refractivity contribution >= 4 is 40.7 Å². The SMILES string of the molecule is CCn1ncc(NC(=O)c2cc(-c3ccc(Cl)c(Cl)c3)n[nH]2)c1C(=O)N(C)C. The van der Waals surface area contributed by atoms with Gasteiger partial charge in [-0.15, -0.1) is 0 Å². The van der Waals surface area contributed by atoms with Gasteiger partial charge >= 0.3 is 0 Å². The summed E-state index contributed by atoms with van der Waals surface area (Å²) in [4.78, 5) is 26.5. The Bertz CT molecular complexity index is 1040. The average Bonchev–Trinajstić information content (AvgIpc) is 3.30. The van der Waals surface area contributed by atoms with E-state index in [0.29, 0.717) is 39.2 Å². The molecule has 0 atom stereocenters. The zero-order chi connectivity index (χ0) is 20.4. The van der Waals surface area contributed by atoms with Gasteiger partial charge in [0.15, 0.2) is 0 Å². The lowest BCUT2D eigenvalue weighted by atomic mass is 10.1. The number of halogens is 2. The lowest BCUT2D eigenvalue weighted by Gasteiger charge is -2.13. The van der Waals surface area contributed by atoms with Gasteiger partial charge in [-0.2, -0.15) is 10.2 Å². The third-order valence-corrected chi connectivity index (χ3v) is 4.77. The fourth-order valence-electron chi connectivity index (χ4n) is 2.59. The third-order valence-electron chi connectivity index (χ3n) is 4.03. The molecule has 0 radical (unpaired) electrons. The van der Waals surface area contributed by atoms with Crippen molar-refractivity contribution in [2.24, 2.45) is 0 Å². The van der Waals surface area contributed by atoms with Crippen LogP contribution in [0.4, 0.5) is 5.69 Å². The van der Waals surface area contributed by atoms with Crippen molar-refractivity contribution in [2.45, 2.75) is 13.5 Å². The molecule has 3 rings (SSSR count). The van der Waals surface area contributed by atoms with Crippen LogP contribution in [0.25, 0.3) is 11.3 Å². The van der Waals surface area contributed by atoms with E-state index < -0.39 is 5.91 Å². The number of carbonyl (C=O) groups is 2. The summed E-state index contributed by atoms with van der Waals surface area (Å²) in [7, 11) is 3.28. The highest BCUT2D eigenvalue weighted by Gasteiger charge is 2.22. The molecule has 2 N–H and O–H groups in total. The summed E-state index contributed by atoms with van der Waals surface area (Å²) < 4.78 is 1.53. The monoisotopic (exact) mass is 420 g/mol. The normalized spacial score (nSPS) is 10.8. The number of nitrogens with zero attached hydrogens (tertiary/aromatic N) is 4. The Morgan fingerprint density at radius 1 is 1.21 bits per heavy atom. The van der Waals surface area contributed by atoms with E-state index in [0.717, 1.165) is 0 Å². The standard InChI is InChI=1S/C18H18Cl2N6O2/c1-4-26-16(18(28)25(2)3)15(9-21-26)22-17(27)14-8-13(23-24-14)10-5-6-11(19)12(20)7-10/h5-9H,4H2,1-3H3,(H,22,27)(H,23,24). The maximum atomic E-state index is 12.6. The molecule has 0 fully saturated rings. The number of aromatic amines is 1. The van der Waals surface area contributed by atoms with Gasteiger partial charge in [-0.1, -0.05) is 29.3 Å². The number of hydrogen-bond donors (Lipinski definition) is 2. The molecule has 146 valence electrons. The van der Waals surface area contributed by atoms with Crippen LogP contribution < -0.4 is 5.32 Å². The summed E-state index contributed by atoms with van der Waals surface area (Å²) in [6, 6.07) is 6.67. The first-order chi connectivity index (χ1) is 13.3. The van der Waals surface area contributed by atoms with E-state index in [1.807, 2.05) is 6.92 Å². The van der Waals surface area contributed by atoms with Crippen LogP contribution in [0.3, 0.4) is 0 Å². The Hall–Kier alpha value is -2.84. The van der Waals surface area contributed by atoms with Gasteiger partial charge in [0.2, 0.25) is 0 Å². The van der Waals surface area contributed by atoms with Gasteiger partial charge in [-0.3, -0.25) is 19.4 Å². The van der Waals surface area contributed by atoms with E-state index in [1.165, 1.54) is 15.8 Å². The predicted octanol–water partition coefficient (Wildman–Crippen LogP) is 3.55. The largest absolute Gasteiger partial charge is 0.343 e. The molecule has 0 aliphatic heterocycles. The lowest BCUT2D eigenvalue weighted by Crippen LogP contribution is -2.26. The van der Waals surface area contributed by atoms with Crippen LogP contribution in [0.5, 0.6) is 0 Å². The molecule has 10 heteroatoms. The Morgan fingerprint density at radius 3 is 2.61 bits per heavy atom. The number of aryl methyl sites for hydroxylation is 1. The number of aromatic nitrogens is 4. The van der Waals surface area contributed by atoms with Crippen molar-refractivity contribution in [2.75, 3.05) is 19.4 Å². The maximum Gasteiger partial charge on any atom is 0.273 e. The van der Waals surface area contributed by atoms with Gasteiger partial charge in [-0.25, -0.2) is 0 Å². The number of nitrogens with one attached hydrogen (secondary N) is 2. The fourth-order valence-corrected chi connectivity index (χ4v) is 2.88. The van der Waals surface area contributed by atoms with Gasteiger partial charge in [0, 0.05) is 26.2 Å². The van der Waals surface area contributed by atoms with Gasteiger partial charge in [-0.05, 0) is 25.1 Å². The molecule has 0 aliphatic carbocycles. The lowest BCUT2D eigenvalue weighted by molar-refractivity contribution is 0.0816. The highest BCUT2D eigenvalue weighted by atomic mass is 35.5. The Morgan fingerprint density at radius 2 is 1.96 bits per heavy atom. The summed E-state index contributed by atoms with van der Waals surface area (Å²) >= 11 is 12.0. The minimum absolute atomic E-state index is 0.230. The number of amides is 2. The smallest absolute Gasteiger partial charge is 0.273 e. The second kappa shape index (κ2) is 8.04. The first-order valence-electron chi connectivity index (χ1n) is 8.41. The van der Waals surface area contributed by atoms with Gasteiger partial charge in [0.25, 0.3) is 11.8 Å². The minimum Gasteiger partial charge on any atom is -0.343 e. The Labute approximate surface area is 171 Å². The topological polar surface area (TPSA) is 95.9 Å². The number of hydrogen-bond acceptors (Lipinski definition) is 4. The van der Waals surface area contributed by atoms with Crippen LogP contribution in [0.1, 0.15) is 27.9 Å². The number of anilines is 1. The molecule has 28 heavy (non-hydrogen) atoms. The third kappa shape index (κ3) is 3.88. The van der Waals surface area contributed by atoms with Gasteiger partial charge in [0.1, 0.15) is 11.4 Å². The summed E-state index contributed by atoms with van der Waals surface area (Å²) in [5.74, 6) is -0.696. The van der Waals surface area contributed by atoms with Crippen LogP contribution in [-0.4, -0.2) is 50.8 Å². The van der Waals surface area contributed by atoms with Crippen LogP contribution in [0.2, 0.25) is 10.0 Å². The molecule has 2 aromatic heterocycles. The van der Waals surface area contributed by atoms with Crippen molar-refractivity contribution < 1.29 is 9.59 Å². The highest BCUT2D eigenvalue weighted by Crippen LogP contribution is 2.28. The summed E-state index contributed by atoms with van der Waals surface area (Å²) in [6.45, 7) is 2.36. The molecular formula is C18H18Cl2N6O2. The zero-order valence-electron chi connectivity index (χ0n) is 15.5. The molecule has 2 amide bonds. The summed E-state index contributed by atoms with van der Waals surface area (Å²) in [6.07, 6.45) is 1.45. The molecule has 0 spiro atoms. The van der Waals surface area contributed by atoms with Crippen LogP contribution in [0.15, 0.2) is 30.5 Å². The van der Waals surface area contributed by atoms with Gasteiger partial charge < -0.3 is 10.2 Å². The predicted molar refractivity (Wildman–Crippen MR) is 108 cm³/mol. The molecule has 1 aromatic carbocycles. The van der Waals surface area contributed by atoms with Crippen molar-refractivity contribution in [3.63, 3.8) is 0 Å². The van der Waals surface area contributed by atoms with Crippen LogP contribution >= 0.6 is 23.2 Å². The molecule has 8 nitrogen and oxygen atoms in total. The Kier molecular flexibility index (Phi) is 5.71. The van der Waals surface area contributed by atoms with E-state index in [4.69, 9.17) is 23.2 Å². The average molecular weight is 421 g/mol. The van der Waals surface area contributed by atoms with Crippen molar-refractivity contribution in [3.8, 4) is 11.3 Å².